The molecule has 0 spiro atoms. The van der Waals surface area contributed by atoms with E-state index < -0.39 is 0 Å². The summed E-state index contributed by atoms with van der Waals surface area (Å²) >= 11 is 0. The van der Waals surface area contributed by atoms with Gasteiger partial charge in [0, 0.05) is 25.7 Å². The molecule has 0 radical (unpaired) electrons. The SMILES string of the molecule is CCCCCCCCCCCCCCCC(=O)CC(=O)CCCCCCCCC(=O)CCCC. The van der Waals surface area contributed by atoms with Crippen molar-refractivity contribution in [3.8, 4) is 0 Å². The molecule has 0 amide bonds. The molecule has 0 fully saturated rings. The van der Waals surface area contributed by atoms with Crippen molar-refractivity contribution >= 4 is 17.3 Å². The molecule has 0 N–H and O–H groups in total. The van der Waals surface area contributed by atoms with Crippen LogP contribution < -0.4 is 0 Å². The fourth-order valence-electron chi connectivity index (χ4n) is 4.59. The van der Waals surface area contributed by atoms with E-state index in [9.17, 15) is 14.4 Å². The molecule has 0 bridgehead atoms. The fraction of sp³-hybridized carbons (Fsp3) is 0.903. The highest BCUT2D eigenvalue weighted by atomic mass is 16.1. The minimum absolute atomic E-state index is 0.126. The summed E-state index contributed by atoms with van der Waals surface area (Å²) in [7, 11) is 0. The Hall–Kier alpha value is -0.990. The molecule has 200 valence electrons. The van der Waals surface area contributed by atoms with E-state index in [1.165, 1.54) is 70.6 Å². The van der Waals surface area contributed by atoms with Crippen LogP contribution in [0.15, 0.2) is 0 Å². The summed E-state index contributed by atoms with van der Waals surface area (Å²) in [5.74, 6) is 0.679. The smallest absolute Gasteiger partial charge is 0.140 e. The minimum atomic E-state index is 0.126. The van der Waals surface area contributed by atoms with Gasteiger partial charge in [0.2, 0.25) is 0 Å². The molecule has 3 nitrogen and oxygen atoms in total. The highest BCUT2D eigenvalue weighted by Gasteiger charge is 2.09. The van der Waals surface area contributed by atoms with Gasteiger partial charge >= 0.3 is 0 Å². The second kappa shape index (κ2) is 26.6. The molecule has 0 saturated heterocycles. The van der Waals surface area contributed by atoms with Crippen LogP contribution in [0.1, 0.15) is 181 Å². The Morgan fingerprint density at radius 3 is 0.941 bits per heavy atom. The Morgan fingerprint density at radius 1 is 0.324 bits per heavy atom. The highest BCUT2D eigenvalue weighted by molar-refractivity contribution is 5.98. The zero-order valence-electron chi connectivity index (χ0n) is 23.1. The van der Waals surface area contributed by atoms with Gasteiger partial charge in [-0.1, -0.05) is 123 Å². The normalized spacial score (nSPS) is 11.1. The Kier molecular flexibility index (Phi) is 25.8. The first-order valence-corrected chi connectivity index (χ1v) is 15.1. The van der Waals surface area contributed by atoms with E-state index in [1.54, 1.807) is 0 Å². The lowest BCUT2D eigenvalue weighted by Gasteiger charge is -2.04. The van der Waals surface area contributed by atoms with E-state index in [-0.39, 0.29) is 18.0 Å². The topological polar surface area (TPSA) is 51.2 Å². The van der Waals surface area contributed by atoms with E-state index in [2.05, 4.69) is 13.8 Å². The zero-order valence-corrected chi connectivity index (χ0v) is 23.1. The molecule has 0 aliphatic heterocycles. The third-order valence-electron chi connectivity index (χ3n) is 6.92. The third-order valence-corrected chi connectivity index (χ3v) is 6.92. The van der Waals surface area contributed by atoms with E-state index in [0.717, 1.165) is 77.0 Å². The summed E-state index contributed by atoms with van der Waals surface area (Å²) in [5, 5.41) is 0. The van der Waals surface area contributed by atoms with Gasteiger partial charge in [-0.15, -0.1) is 0 Å². The number of hydrogen-bond donors (Lipinski definition) is 0. The summed E-state index contributed by atoms with van der Waals surface area (Å²) in [5.41, 5.74) is 0. The van der Waals surface area contributed by atoms with Crippen LogP contribution in [-0.2, 0) is 14.4 Å². The maximum absolute atomic E-state index is 12.0. The lowest BCUT2D eigenvalue weighted by molar-refractivity contribution is -0.127. The number of rotatable bonds is 28. The van der Waals surface area contributed by atoms with Crippen LogP contribution in [-0.4, -0.2) is 17.3 Å². The van der Waals surface area contributed by atoms with Crippen molar-refractivity contribution in [2.45, 2.75) is 181 Å². The highest BCUT2D eigenvalue weighted by Crippen LogP contribution is 2.14. The molecule has 0 aromatic carbocycles. The maximum Gasteiger partial charge on any atom is 0.140 e. The fourth-order valence-corrected chi connectivity index (χ4v) is 4.59. The van der Waals surface area contributed by atoms with Crippen LogP contribution in [0.2, 0.25) is 0 Å². The molecular weight excluding hydrogens is 420 g/mol. The quantitative estimate of drug-likeness (QED) is 0.0830. The van der Waals surface area contributed by atoms with Crippen molar-refractivity contribution in [1.29, 1.82) is 0 Å². The first kappa shape index (κ1) is 33.0. The zero-order chi connectivity index (χ0) is 25.1. The van der Waals surface area contributed by atoms with Gasteiger partial charge in [-0.25, -0.2) is 0 Å². The average Bonchev–Trinajstić information content (AvgIpc) is 2.82. The van der Waals surface area contributed by atoms with Gasteiger partial charge in [0.1, 0.15) is 17.3 Å². The predicted molar refractivity (Wildman–Crippen MR) is 146 cm³/mol. The molecule has 0 saturated carbocycles. The lowest BCUT2D eigenvalue weighted by atomic mass is 10.0. The summed E-state index contributed by atoms with van der Waals surface area (Å²) in [6.45, 7) is 4.39. The van der Waals surface area contributed by atoms with Crippen molar-refractivity contribution in [3.05, 3.63) is 0 Å². The summed E-state index contributed by atoms with van der Waals surface area (Å²) in [6.07, 6.45) is 28.3. The van der Waals surface area contributed by atoms with E-state index in [1.807, 2.05) is 0 Å². The largest absolute Gasteiger partial charge is 0.300 e. The van der Waals surface area contributed by atoms with Gasteiger partial charge in [0.25, 0.3) is 0 Å². The Morgan fingerprint density at radius 2 is 0.588 bits per heavy atom. The average molecular weight is 479 g/mol. The molecule has 34 heavy (non-hydrogen) atoms. The molecule has 3 heteroatoms. The Bertz CT molecular complexity index is 483. The van der Waals surface area contributed by atoms with Crippen LogP contribution in [0.5, 0.6) is 0 Å². The van der Waals surface area contributed by atoms with Crippen LogP contribution in [0, 0.1) is 0 Å². The standard InChI is InChI=1S/C31H58O3/c1-3-5-7-8-9-10-11-12-13-14-15-19-22-26-30(33)28-31(34)27-23-20-17-16-18-21-25-29(32)24-6-4-2/h3-28H2,1-2H3. The van der Waals surface area contributed by atoms with Gasteiger partial charge < -0.3 is 0 Å². The summed E-state index contributed by atoms with van der Waals surface area (Å²) in [4.78, 5) is 35.7. The van der Waals surface area contributed by atoms with Crippen molar-refractivity contribution < 1.29 is 14.4 Å². The number of carbonyl (C=O) groups is 3. The van der Waals surface area contributed by atoms with Crippen LogP contribution >= 0.6 is 0 Å². The third kappa shape index (κ3) is 25.6. The lowest BCUT2D eigenvalue weighted by Crippen LogP contribution is -2.07. The van der Waals surface area contributed by atoms with Gasteiger partial charge in [-0.2, -0.15) is 0 Å². The number of Topliss-reactive ketones (excluding diaryl/α,β-unsaturated/α-hetero) is 3. The molecular formula is C31H58O3. The number of ketones is 3. The van der Waals surface area contributed by atoms with E-state index in [0.29, 0.717) is 18.6 Å². The minimum Gasteiger partial charge on any atom is -0.300 e. The second-order valence-corrected chi connectivity index (χ2v) is 10.5. The molecule has 0 aliphatic rings. The Balaban J connectivity index is 3.36. The van der Waals surface area contributed by atoms with Crippen molar-refractivity contribution in [1.82, 2.24) is 0 Å². The van der Waals surface area contributed by atoms with Crippen LogP contribution in [0.25, 0.3) is 0 Å². The van der Waals surface area contributed by atoms with Crippen molar-refractivity contribution in [2.75, 3.05) is 0 Å². The van der Waals surface area contributed by atoms with Gasteiger partial charge in [-0.05, 0) is 25.7 Å². The van der Waals surface area contributed by atoms with Crippen molar-refractivity contribution in [3.63, 3.8) is 0 Å². The number of carbonyl (C=O) groups excluding carboxylic acids is 3. The van der Waals surface area contributed by atoms with Gasteiger partial charge in [0.15, 0.2) is 0 Å². The molecule has 0 unspecified atom stereocenters. The maximum atomic E-state index is 12.0. The molecule has 0 heterocycles. The Labute approximate surface area is 212 Å². The van der Waals surface area contributed by atoms with Crippen LogP contribution in [0.4, 0.5) is 0 Å². The first-order valence-electron chi connectivity index (χ1n) is 15.1. The number of hydrogen-bond acceptors (Lipinski definition) is 3. The second-order valence-electron chi connectivity index (χ2n) is 10.5. The predicted octanol–water partition coefficient (Wildman–Crippen LogP) is 9.88. The number of unbranched alkanes of at least 4 members (excludes halogenated alkanes) is 18. The first-order chi connectivity index (χ1) is 16.6. The van der Waals surface area contributed by atoms with Crippen LogP contribution in [0.3, 0.4) is 0 Å². The molecule has 0 aliphatic carbocycles. The summed E-state index contributed by atoms with van der Waals surface area (Å²) in [6, 6.07) is 0. The van der Waals surface area contributed by atoms with E-state index in [4.69, 9.17) is 0 Å². The molecule has 0 atom stereocenters. The van der Waals surface area contributed by atoms with Gasteiger partial charge in [0.05, 0.1) is 6.42 Å². The van der Waals surface area contributed by atoms with Gasteiger partial charge in [-0.3, -0.25) is 14.4 Å². The summed E-state index contributed by atoms with van der Waals surface area (Å²) < 4.78 is 0. The molecule has 0 rings (SSSR count). The molecule has 0 aromatic heterocycles. The molecule has 0 aromatic rings. The monoisotopic (exact) mass is 478 g/mol. The van der Waals surface area contributed by atoms with Crippen molar-refractivity contribution in [2.24, 2.45) is 0 Å². The van der Waals surface area contributed by atoms with E-state index >= 15 is 0 Å².